The largest absolute Gasteiger partial charge is 0.508 e. The number of carbonyl (C=O) groups is 1. The average Bonchev–Trinajstić information content (AvgIpc) is 2.08. The third-order valence-electron chi connectivity index (χ3n) is 1.71. The van der Waals surface area contributed by atoms with Crippen LogP contribution in [0.2, 0.25) is 0 Å². The highest BCUT2D eigenvalue weighted by Crippen LogP contribution is 2.10. The Labute approximate surface area is 75.6 Å². The number of carboxylic acid groups (broad SMARTS) is 1. The second kappa shape index (κ2) is 3.91. The molecule has 0 saturated carbocycles. The van der Waals surface area contributed by atoms with Crippen LogP contribution in [0.5, 0.6) is 5.75 Å². The minimum Gasteiger partial charge on any atom is -0.508 e. The Balaban J connectivity index is 2.64. The molecular formula is C9H11NO3. The number of hydrogen-bond donors (Lipinski definition) is 3. The van der Waals surface area contributed by atoms with Gasteiger partial charge in [-0.2, -0.15) is 0 Å². The molecule has 0 aliphatic carbocycles. The van der Waals surface area contributed by atoms with Crippen LogP contribution in [0.4, 0.5) is 0 Å². The zero-order valence-electron chi connectivity index (χ0n) is 6.97. The molecule has 4 heteroatoms. The van der Waals surface area contributed by atoms with Crippen LogP contribution in [0.1, 0.15) is 5.56 Å². The summed E-state index contributed by atoms with van der Waals surface area (Å²) in [5.74, 6) is -0.860. The SMILES string of the molecule is NC([13CH2]c1ccc(O)cc1)C(=O)O. The zero-order chi connectivity index (χ0) is 9.84. The highest BCUT2D eigenvalue weighted by atomic mass is 16.4. The molecule has 0 bridgehead atoms. The number of nitrogens with two attached hydrogens (primary N) is 1. The molecule has 0 saturated heterocycles. The predicted octanol–water partition coefficient (Wildman–Crippen LogP) is 0.347. The number of aromatic hydroxyl groups is 1. The summed E-state index contributed by atoms with van der Waals surface area (Å²) in [5.41, 5.74) is 6.12. The quantitative estimate of drug-likeness (QED) is 0.589. The van der Waals surface area contributed by atoms with E-state index in [0.717, 1.165) is 5.56 Å². The molecule has 0 spiro atoms. The van der Waals surface area contributed by atoms with Crippen LogP contribution in [0.25, 0.3) is 0 Å². The van der Waals surface area contributed by atoms with Gasteiger partial charge in [0, 0.05) is 0 Å². The molecule has 0 aliphatic heterocycles. The zero-order valence-corrected chi connectivity index (χ0v) is 6.97. The summed E-state index contributed by atoms with van der Waals surface area (Å²) in [4.78, 5) is 10.4. The maximum absolute atomic E-state index is 10.4. The Kier molecular flexibility index (Phi) is 2.87. The number of hydrogen-bond acceptors (Lipinski definition) is 3. The van der Waals surface area contributed by atoms with Crippen molar-refractivity contribution in [1.82, 2.24) is 0 Å². The van der Waals surface area contributed by atoms with Gasteiger partial charge in [0.25, 0.3) is 0 Å². The van der Waals surface area contributed by atoms with Crippen LogP contribution in [0, 0.1) is 0 Å². The molecule has 1 aromatic carbocycles. The van der Waals surface area contributed by atoms with E-state index in [0.29, 0.717) is 0 Å². The van der Waals surface area contributed by atoms with E-state index in [-0.39, 0.29) is 12.2 Å². The highest BCUT2D eigenvalue weighted by Gasteiger charge is 2.11. The maximum Gasteiger partial charge on any atom is 0.320 e. The van der Waals surface area contributed by atoms with Crippen LogP contribution in [0.3, 0.4) is 0 Å². The van der Waals surface area contributed by atoms with Gasteiger partial charge < -0.3 is 15.9 Å². The smallest absolute Gasteiger partial charge is 0.320 e. The fraction of sp³-hybridized carbons (Fsp3) is 0.222. The lowest BCUT2D eigenvalue weighted by atomic mass is 10.2. The van der Waals surface area contributed by atoms with Crippen molar-refractivity contribution in [3.8, 4) is 5.75 Å². The number of rotatable bonds is 3. The first-order valence-corrected chi connectivity index (χ1v) is 3.86. The molecule has 0 heterocycles. The van der Waals surface area contributed by atoms with E-state index < -0.39 is 12.0 Å². The van der Waals surface area contributed by atoms with Gasteiger partial charge in [0.05, 0.1) is 0 Å². The van der Waals surface area contributed by atoms with Gasteiger partial charge in [-0.3, -0.25) is 4.79 Å². The van der Waals surface area contributed by atoms with Crippen LogP contribution in [-0.2, 0) is 11.2 Å². The molecular weight excluding hydrogens is 171 g/mol. The van der Waals surface area contributed by atoms with Crippen LogP contribution in [-0.4, -0.2) is 22.2 Å². The molecule has 4 nitrogen and oxygen atoms in total. The molecule has 13 heavy (non-hydrogen) atoms. The summed E-state index contributed by atoms with van der Waals surface area (Å²) in [7, 11) is 0. The lowest BCUT2D eigenvalue weighted by Crippen LogP contribution is -2.32. The van der Waals surface area contributed by atoms with Crippen molar-refractivity contribution in [2.24, 2.45) is 5.73 Å². The first-order valence-electron chi connectivity index (χ1n) is 3.86. The summed E-state index contributed by atoms with van der Waals surface area (Å²) >= 11 is 0. The molecule has 0 amide bonds. The summed E-state index contributed by atoms with van der Waals surface area (Å²) in [6.45, 7) is 0. The van der Waals surface area contributed by atoms with Crippen molar-refractivity contribution in [3.05, 3.63) is 29.8 Å². The van der Waals surface area contributed by atoms with Crippen LogP contribution < -0.4 is 5.73 Å². The Morgan fingerprint density at radius 2 is 1.92 bits per heavy atom. The van der Waals surface area contributed by atoms with E-state index in [1.165, 1.54) is 12.1 Å². The molecule has 1 unspecified atom stereocenters. The van der Waals surface area contributed by atoms with Crippen LogP contribution in [0.15, 0.2) is 24.3 Å². The van der Waals surface area contributed by atoms with Crippen molar-refractivity contribution in [2.75, 3.05) is 0 Å². The van der Waals surface area contributed by atoms with Gasteiger partial charge in [0.15, 0.2) is 0 Å². The second-order valence-corrected chi connectivity index (χ2v) is 2.82. The van der Waals surface area contributed by atoms with E-state index >= 15 is 0 Å². The number of benzene rings is 1. The fourth-order valence-corrected chi connectivity index (χ4v) is 0.973. The van der Waals surface area contributed by atoms with E-state index in [2.05, 4.69) is 0 Å². The van der Waals surface area contributed by atoms with E-state index in [1.54, 1.807) is 12.1 Å². The molecule has 1 rings (SSSR count). The highest BCUT2D eigenvalue weighted by molar-refractivity contribution is 5.73. The van der Waals surface area contributed by atoms with Gasteiger partial charge in [-0.05, 0) is 24.1 Å². The molecule has 0 aromatic heterocycles. The minimum atomic E-state index is -1.02. The molecule has 1 atom stereocenters. The van der Waals surface area contributed by atoms with E-state index in [1.807, 2.05) is 0 Å². The lowest BCUT2D eigenvalue weighted by molar-refractivity contribution is -0.138. The second-order valence-electron chi connectivity index (χ2n) is 2.82. The van der Waals surface area contributed by atoms with Gasteiger partial charge in [-0.25, -0.2) is 0 Å². The van der Waals surface area contributed by atoms with Gasteiger partial charge in [0.2, 0.25) is 0 Å². The van der Waals surface area contributed by atoms with Crippen molar-refractivity contribution >= 4 is 5.97 Å². The molecule has 0 radical (unpaired) electrons. The number of aliphatic carboxylic acids is 1. The molecule has 1 aromatic rings. The van der Waals surface area contributed by atoms with Crippen molar-refractivity contribution in [2.45, 2.75) is 12.5 Å². The predicted molar refractivity (Wildman–Crippen MR) is 47.4 cm³/mol. The average molecular weight is 182 g/mol. The first-order chi connectivity index (χ1) is 6.09. The molecule has 0 fully saturated rings. The van der Waals surface area contributed by atoms with E-state index in [4.69, 9.17) is 15.9 Å². The standard InChI is InChI=1S/C9H11NO3/c10-8(9(12)13)5-6-1-3-7(11)4-2-6/h1-4,8,11H,5,10H2,(H,12,13)/i5+1. The molecule has 70 valence electrons. The van der Waals surface area contributed by atoms with Gasteiger partial charge in [-0.1, -0.05) is 12.1 Å². The summed E-state index contributed by atoms with van der Waals surface area (Å²) < 4.78 is 0. The summed E-state index contributed by atoms with van der Waals surface area (Å²) in [5, 5.41) is 17.5. The lowest BCUT2D eigenvalue weighted by Gasteiger charge is -2.05. The number of phenolic OH excluding ortho intramolecular Hbond substituents is 1. The van der Waals surface area contributed by atoms with Gasteiger partial charge >= 0.3 is 5.97 Å². The van der Waals surface area contributed by atoms with Crippen molar-refractivity contribution in [1.29, 1.82) is 0 Å². The third kappa shape index (κ3) is 2.76. The Hall–Kier alpha value is -1.55. The molecule has 4 N–H and O–H groups in total. The number of carboxylic acids is 1. The molecule has 0 aliphatic rings. The maximum atomic E-state index is 10.4. The topological polar surface area (TPSA) is 83.5 Å². The Morgan fingerprint density at radius 3 is 2.38 bits per heavy atom. The summed E-state index contributed by atoms with van der Waals surface area (Å²) in [6, 6.07) is 5.42. The normalized spacial score (nSPS) is 12.4. The minimum absolute atomic E-state index is 0.160. The van der Waals surface area contributed by atoms with Crippen molar-refractivity contribution < 1.29 is 15.0 Å². The Bertz CT molecular complexity index is 294. The van der Waals surface area contributed by atoms with Crippen LogP contribution >= 0.6 is 0 Å². The van der Waals surface area contributed by atoms with Gasteiger partial charge in [-0.15, -0.1) is 0 Å². The monoisotopic (exact) mass is 182 g/mol. The number of phenols is 1. The van der Waals surface area contributed by atoms with Crippen molar-refractivity contribution in [3.63, 3.8) is 0 Å². The Morgan fingerprint density at radius 1 is 1.38 bits per heavy atom. The third-order valence-corrected chi connectivity index (χ3v) is 1.71. The van der Waals surface area contributed by atoms with E-state index in [9.17, 15) is 4.79 Å². The fourth-order valence-electron chi connectivity index (χ4n) is 0.973. The summed E-state index contributed by atoms with van der Waals surface area (Å²) in [6.07, 6.45) is 0.273. The first kappa shape index (κ1) is 9.54. The van der Waals surface area contributed by atoms with Gasteiger partial charge in [0.1, 0.15) is 11.8 Å².